The molecule has 0 radical (unpaired) electrons. The number of nitrogens with zero attached hydrogens (tertiary/aromatic N) is 1. The number of nitrogens with two attached hydrogens (primary N) is 1. The summed E-state index contributed by atoms with van der Waals surface area (Å²) in [6.07, 6.45) is 9.70. The van der Waals surface area contributed by atoms with Crippen LogP contribution in [-0.2, 0) is 0 Å². The molecule has 88 valence electrons. The van der Waals surface area contributed by atoms with Gasteiger partial charge in [0.15, 0.2) is 0 Å². The Labute approximate surface area is 94.2 Å². The molecule has 0 unspecified atom stereocenters. The van der Waals surface area contributed by atoms with Crippen LogP contribution in [0.1, 0.15) is 51.9 Å². The Balaban J connectivity index is 1.85. The Morgan fingerprint density at radius 3 is 2.20 bits per heavy atom. The van der Waals surface area contributed by atoms with Gasteiger partial charge in [-0.15, -0.1) is 0 Å². The fourth-order valence-electron chi connectivity index (χ4n) is 3.17. The van der Waals surface area contributed by atoms with E-state index in [-0.39, 0.29) is 0 Å². The predicted octanol–water partition coefficient (Wildman–Crippen LogP) is 2.38. The quantitative estimate of drug-likeness (QED) is 0.772. The summed E-state index contributed by atoms with van der Waals surface area (Å²) in [4.78, 5) is 2.61. The van der Waals surface area contributed by atoms with Gasteiger partial charge in [0, 0.05) is 18.1 Å². The third-order valence-electron chi connectivity index (χ3n) is 4.90. The highest BCUT2D eigenvalue weighted by Gasteiger charge is 2.47. The van der Waals surface area contributed by atoms with E-state index in [1.54, 1.807) is 0 Å². The van der Waals surface area contributed by atoms with E-state index in [0.29, 0.717) is 5.54 Å². The van der Waals surface area contributed by atoms with Gasteiger partial charge in [0.25, 0.3) is 0 Å². The van der Waals surface area contributed by atoms with Crippen molar-refractivity contribution in [3.8, 4) is 0 Å². The molecule has 2 aliphatic rings. The largest absolute Gasteiger partial charge is 0.329 e. The normalized spacial score (nSPS) is 34.4. The van der Waals surface area contributed by atoms with Crippen LogP contribution in [0, 0.1) is 5.92 Å². The van der Waals surface area contributed by atoms with E-state index >= 15 is 0 Å². The van der Waals surface area contributed by atoms with Crippen LogP contribution < -0.4 is 5.73 Å². The average Bonchev–Trinajstić information content (AvgIpc) is 3.09. The number of likely N-dealkylation sites (N-methyl/N-ethyl adjacent to an activating group) is 1. The topological polar surface area (TPSA) is 29.3 Å². The lowest BCUT2D eigenvalue weighted by Gasteiger charge is -2.39. The van der Waals surface area contributed by atoms with Gasteiger partial charge in [-0.1, -0.05) is 13.3 Å². The third kappa shape index (κ3) is 2.21. The van der Waals surface area contributed by atoms with Gasteiger partial charge in [0.05, 0.1) is 0 Å². The van der Waals surface area contributed by atoms with Crippen molar-refractivity contribution in [3.05, 3.63) is 0 Å². The highest BCUT2D eigenvalue weighted by Crippen LogP contribution is 2.43. The summed E-state index contributed by atoms with van der Waals surface area (Å²) in [6, 6.07) is 0.818. The molecule has 0 spiro atoms. The first-order chi connectivity index (χ1) is 7.22. The summed E-state index contributed by atoms with van der Waals surface area (Å²) in [5, 5.41) is 0. The maximum Gasteiger partial charge on any atom is 0.0333 e. The van der Waals surface area contributed by atoms with Crippen LogP contribution in [-0.4, -0.2) is 30.1 Å². The summed E-state index contributed by atoms with van der Waals surface area (Å²) in [7, 11) is 2.30. The second-order valence-electron chi connectivity index (χ2n) is 5.62. The van der Waals surface area contributed by atoms with Gasteiger partial charge in [-0.25, -0.2) is 0 Å². The zero-order chi connectivity index (χ0) is 10.9. The summed E-state index contributed by atoms with van der Waals surface area (Å²) < 4.78 is 0. The van der Waals surface area contributed by atoms with Crippen LogP contribution in [0.4, 0.5) is 0 Å². The van der Waals surface area contributed by atoms with Crippen molar-refractivity contribution >= 4 is 0 Å². The van der Waals surface area contributed by atoms with Gasteiger partial charge < -0.3 is 5.73 Å². The minimum Gasteiger partial charge on any atom is -0.329 e. The van der Waals surface area contributed by atoms with Crippen molar-refractivity contribution in [3.63, 3.8) is 0 Å². The number of hydrogen-bond donors (Lipinski definition) is 1. The second-order valence-corrected chi connectivity index (χ2v) is 5.62. The summed E-state index contributed by atoms with van der Waals surface area (Å²) >= 11 is 0. The summed E-state index contributed by atoms with van der Waals surface area (Å²) in [6.45, 7) is 3.19. The molecule has 2 rings (SSSR count). The van der Waals surface area contributed by atoms with E-state index in [1.165, 1.54) is 44.9 Å². The molecule has 0 amide bonds. The summed E-state index contributed by atoms with van der Waals surface area (Å²) in [5.41, 5.74) is 6.29. The Bertz CT molecular complexity index is 203. The van der Waals surface area contributed by atoms with E-state index in [1.807, 2.05) is 0 Å². The highest BCUT2D eigenvalue weighted by atomic mass is 15.2. The Morgan fingerprint density at radius 2 is 1.80 bits per heavy atom. The number of rotatable bonds is 4. The molecule has 2 nitrogen and oxygen atoms in total. The van der Waals surface area contributed by atoms with Crippen molar-refractivity contribution in [1.82, 2.24) is 4.90 Å². The van der Waals surface area contributed by atoms with E-state index in [9.17, 15) is 0 Å². The van der Waals surface area contributed by atoms with Crippen LogP contribution in [0.3, 0.4) is 0 Å². The van der Waals surface area contributed by atoms with Gasteiger partial charge in [-0.2, -0.15) is 0 Å². The van der Waals surface area contributed by atoms with Crippen LogP contribution >= 0.6 is 0 Å². The zero-order valence-electron chi connectivity index (χ0n) is 10.3. The molecule has 0 bridgehead atoms. The average molecular weight is 210 g/mol. The Hall–Kier alpha value is -0.0800. The molecule has 2 N–H and O–H groups in total. The first-order valence-electron chi connectivity index (χ1n) is 6.65. The van der Waals surface area contributed by atoms with Gasteiger partial charge in [-0.3, -0.25) is 4.90 Å². The molecule has 15 heavy (non-hydrogen) atoms. The van der Waals surface area contributed by atoms with E-state index in [2.05, 4.69) is 18.9 Å². The maximum absolute atomic E-state index is 5.89. The molecule has 2 heteroatoms. The molecule has 0 heterocycles. The smallest absolute Gasteiger partial charge is 0.0333 e. The molecule has 2 aliphatic carbocycles. The van der Waals surface area contributed by atoms with Crippen molar-refractivity contribution in [2.75, 3.05) is 13.6 Å². The van der Waals surface area contributed by atoms with E-state index in [0.717, 1.165) is 18.5 Å². The predicted molar refractivity (Wildman–Crippen MR) is 64.8 cm³/mol. The molecule has 0 saturated heterocycles. The monoisotopic (exact) mass is 210 g/mol. The van der Waals surface area contributed by atoms with E-state index < -0.39 is 0 Å². The fraction of sp³-hybridized carbons (Fsp3) is 1.00. The maximum atomic E-state index is 5.89. The molecule has 0 atom stereocenters. The van der Waals surface area contributed by atoms with Gasteiger partial charge in [0.1, 0.15) is 0 Å². The SMILES string of the molecule is CCC1CCC(N(C)C2(CN)CC2)CC1. The van der Waals surface area contributed by atoms with Crippen LogP contribution in [0.15, 0.2) is 0 Å². The first kappa shape index (κ1) is 11.4. The minimum atomic E-state index is 0.406. The van der Waals surface area contributed by atoms with Gasteiger partial charge in [-0.05, 0) is 51.5 Å². The molecule has 2 saturated carbocycles. The third-order valence-corrected chi connectivity index (χ3v) is 4.90. The molecule has 2 fully saturated rings. The molecule has 0 aromatic heterocycles. The second kappa shape index (κ2) is 4.42. The van der Waals surface area contributed by atoms with Crippen LogP contribution in [0.25, 0.3) is 0 Å². The van der Waals surface area contributed by atoms with Crippen molar-refractivity contribution in [1.29, 1.82) is 0 Å². The Kier molecular flexibility index (Phi) is 3.36. The molecule has 0 aromatic rings. The minimum absolute atomic E-state index is 0.406. The lowest BCUT2D eigenvalue weighted by atomic mass is 9.83. The van der Waals surface area contributed by atoms with Crippen LogP contribution in [0.2, 0.25) is 0 Å². The number of hydrogen-bond acceptors (Lipinski definition) is 2. The van der Waals surface area contributed by atoms with Crippen molar-refractivity contribution in [2.24, 2.45) is 11.7 Å². The molecule has 0 aliphatic heterocycles. The fourth-order valence-corrected chi connectivity index (χ4v) is 3.17. The molecule has 0 aromatic carbocycles. The van der Waals surface area contributed by atoms with Crippen molar-refractivity contribution in [2.45, 2.75) is 63.5 Å². The first-order valence-corrected chi connectivity index (χ1v) is 6.65. The highest BCUT2D eigenvalue weighted by molar-refractivity contribution is 5.05. The van der Waals surface area contributed by atoms with Gasteiger partial charge >= 0.3 is 0 Å². The van der Waals surface area contributed by atoms with Crippen LogP contribution in [0.5, 0.6) is 0 Å². The summed E-state index contributed by atoms with van der Waals surface area (Å²) in [5.74, 6) is 1.00. The molecular formula is C13H26N2. The zero-order valence-corrected chi connectivity index (χ0v) is 10.3. The lowest BCUT2D eigenvalue weighted by molar-refractivity contribution is 0.109. The Morgan fingerprint density at radius 1 is 1.20 bits per heavy atom. The van der Waals surface area contributed by atoms with Crippen molar-refractivity contribution < 1.29 is 0 Å². The van der Waals surface area contributed by atoms with E-state index in [4.69, 9.17) is 5.73 Å². The molecular weight excluding hydrogens is 184 g/mol. The standard InChI is InChI=1S/C13H26N2/c1-3-11-4-6-12(7-5-11)15(2)13(10-14)8-9-13/h11-12H,3-10,14H2,1-2H3. The lowest BCUT2D eigenvalue weighted by Crippen LogP contribution is -2.47. The van der Waals surface area contributed by atoms with Gasteiger partial charge in [0.2, 0.25) is 0 Å².